The first-order chi connectivity index (χ1) is 8.36. The molecule has 2 amide bonds. The van der Waals surface area contributed by atoms with Crippen LogP contribution in [0.3, 0.4) is 0 Å². The van der Waals surface area contributed by atoms with Gasteiger partial charge in [0.25, 0.3) is 0 Å². The molecule has 1 rings (SSSR count). The Labute approximate surface area is 107 Å². The summed E-state index contributed by atoms with van der Waals surface area (Å²) in [5.41, 5.74) is -1.24. The van der Waals surface area contributed by atoms with Crippen molar-refractivity contribution >= 4 is 12.0 Å². The standard InChI is InChI=1S/C12H22N2O4/c1-4-14(12(2,3)10(16)17)11(18)13-7-5-6-9(13)8-15/h9,15H,4-8H2,1-3H3,(H,16,17). The summed E-state index contributed by atoms with van der Waals surface area (Å²) in [6, 6.07) is -0.488. The fourth-order valence-corrected chi connectivity index (χ4v) is 2.32. The number of aliphatic hydroxyl groups excluding tert-OH is 1. The van der Waals surface area contributed by atoms with Crippen LogP contribution in [0.15, 0.2) is 0 Å². The number of aliphatic carboxylic acids is 1. The van der Waals surface area contributed by atoms with Crippen LogP contribution in [0.2, 0.25) is 0 Å². The highest BCUT2D eigenvalue weighted by Crippen LogP contribution is 2.23. The molecule has 1 atom stereocenters. The number of hydrogen-bond donors (Lipinski definition) is 2. The molecule has 1 aliphatic rings. The van der Waals surface area contributed by atoms with E-state index in [1.807, 2.05) is 0 Å². The van der Waals surface area contributed by atoms with Crippen LogP contribution in [0.1, 0.15) is 33.6 Å². The molecule has 0 saturated carbocycles. The zero-order valence-corrected chi connectivity index (χ0v) is 11.2. The quantitative estimate of drug-likeness (QED) is 0.779. The first-order valence-electron chi connectivity index (χ1n) is 6.28. The number of likely N-dealkylation sites (tertiary alicyclic amines) is 1. The first-order valence-corrected chi connectivity index (χ1v) is 6.28. The minimum Gasteiger partial charge on any atom is -0.480 e. The Hall–Kier alpha value is -1.30. The lowest BCUT2D eigenvalue weighted by Crippen LogP contribution is -2.58. The highest BCUT2D eigenvalue weighted by molar-refractivity contribution is 5.85. The molecule has 0 aromatic heterocycles. The van der Waals surface area contributed by atoms with Gasteiger partial charge in [0.1, 0.15) is 5.54 Å². The van der Waals surface area contributed by atoms with Gasteiger partial charge in [0.05, 0.1) is 12.6 Å². The number of urea groups is 1. The highest BCUT2D eigenvalue weighted by Gasteiger charge is 2.41. The Morgan fingerprint density at radius 3 is 2.50 bits per heavy atom. The van der Waals surface area contributed by atoms with E-state index in [0.29, 0.717) is 13.1 Å². The van der Waals surface area contributed by atoms with Crippen LogP contribution < -0.4 is 0 Å². The third-order valence-electron chi connectivity index (χ3n) is 3.58. The van der Waals surface area contributed by atoms with E-state index in [2.05, 4.69) is 0 Å². The molecule has 0 aliphatic carbocycles. The highest BCUT2D eigenvalue weighted by atomic mass is 16.4. The van der Waals surface area contributed by atoms with Crippen LogP contribution in [0.25, 0.3) is 0 Å². The molecule has 1 fully saturated rings. The summed E-state index contributed by atoms with van der Waals surface area (Å²) in [5.74, 6) is -1.03. The van der Waals surface area contributed by atoms with Gasteiger partial charge in [0.2, 0.25) is 0 Å². The third-order valence-corrected chi connectivity index (χ3v) is 3.58. The van der Waals surface area contributed by atoms with E-state index in [-0.39, 0.29) is 18.7 Å². The van der Waals surface area contributed by atoms with E-state index in [0.717, 1.165) is 12.8 Å². The summed E-state index contributed by atoms with van der Waals surface area (Å²) in [4.78, 5) is 26.5. The molecule has 104 valence electrons. The molecule has 2 N–H and O–H groups in total. The predicted molar refractivity (Wildman–Crippen MR) is 66.3 cm³/mol. The third kappa shape index (κ3) is 2.58. The molecular weight excluding hydrogens is 236 g/mol. The molecule has 0 aromatic carbocycles. The van der Waals surface area contributed by atoms with Gasteiger partial charge in [-0.15, -0.1) is 0 Å². The van der Waals surface area contributed by atoms with Crippen LogP contribution in [0, 0.1) is 0 Å². The number of carbonyl (C=O) groups excluding carboxylic acids is 1. The largest absolute Gasteiger partial charge is 0.480 e. The molecule has 18 heavy (non-hydrogen) atoms. The summed E-state index contributed by atoms with van der Waals surface area (Å²) in [5, 5.41) is 18.4. The number of hydrogen-bond acceptors (Lipinski definition) is 3. The van der Waals surface area contributed by atoms with Gasteiger partial charge in [0, 0.05) is 13.1 Å². The molecule has 1 heterocycles. The maximum absolute atomic E-state index is 12.4. The SMILES string of the molecule is CCN(C(=O)N1CCCC1CO)C(C)(C)C(=O)O. The van der Waals surface area contributed by atoms with Gasteiger partial charge in [-0.1, -0.05) is 0 Å². The van der Waals surface area contributed by atoms with Gasteiger partial charge in [0.15, 0.2) is 0 Å². The molecule has 0 bridgehead atoms. The zero-order valence-electron chi connectivity index (χ0n) is 11.2. The minimum absolute atomic E-state index is 0.0726. The normalized spacial score (nSPS) is 20.0. The van der Waals surface area contributed by atoms with Crippen molar-refractivity contribution in [2.75, 3.05) is 19.7 Å². The van der Waals surface area contributed by atoms with Gasteiger partial charge in [-0.3, -0.25) is 0 Å². The maximum Gasteiger partial charge on any atom is 0.329 e. The van der Waals surface area contributed by atoms with Gasteiger partial charge in [-0.05, 0) is 33.6 Å². The molecular formula is C12H22N2O4. The fraction of sp³-hybridized carbons (Fsp3) is 0.833. The second-order valence-corrected chi connectivity index (χ2v) is 5.06. The molecule has 1 saturated heterocycles. The van der Waals surface area contributed by atoms with Crippen molar-refractivity contribution in [3.63, 3.8) is 0 Å². The number of carboxylic acids is 1. The molecule has 1 aliphatic heterocycles. The Morgan fingerprint density at radius 1 is 1.44 bits per heavy atom. The topological polar surface area (TPSA) is 81.1 Å². The number of likely N-dealkylation sites (N-methyl/N-ethyl adjacent to an activating group) is 1. The monoisotopic (exact) mass is 258 g/mol. The van der Waals surface area contributed by atoms with Crippen molar-refractivity contribution in [2.45, 2.75) is 45.2 Å². The van der Waals surface area contributed by atoms with Crippen molar-refractivity contribution in [1.29, 1.82) is 0 Å². The van der Waals surface area contributed by atoms with Crippen LogP contribution >= 0.6 is 0 Å². The number of nitrogens with zero attached hydrogens (tertiary/aromatic N) is 2. The molecule has 0 spiro atoms. The van der Waals surface area contributed by atoms with Crippen molar-refractivity contribution in [1.82, 2.24) is 9.80 Å². The Bertz CT molecular complexity index is 330. The van der Waals surface area contributed by atoms with Crippen LogP contribution in [0.4, 0.5) is 4.79 Å². The summed E-state index contributed by atoms with van der Waals surface area (Å²) >= 11 is 0. The molecule has 6 heteroatoms. The molecule has 0 aromatic rings. The van der Waals surface area contributed by atoms with Crippen molar-refractivity contribution in [3.05, 3.63) is 0 Å². The zero-order chi connectivity index (χ0) is 13.9. The van der Waals surface area contributed by atoms with Crippen molar-refractivity contribution in [3.8, 4) is 0 Å². The molecule has 1 unspecified atom stereocenters. The predicted octanol–water partition coefficient (Wildman–Crippen LogP) is 0.748. The Kier molecular flexibility index (Phi) is 4.56. The van der Waals surface area contributed by atoms with Crippen molar-refractivity contribution < 1.29 is 19.8 Å². The lowest BCUT2D eigenvalue weighted by Gasteiger charge is -2.38. The molecule has 6 nitrogen and oxygen atoms in total. The summed E-state index contributed by atoms with van der Waals surface area (Å²) in [6.07, 6.45) is 1.62. The van der Waals surface area contributed by atoms with Crippen LogP contribution in [-0.2, 0) is 4.79 Å². The minimum atomic E-state index is -1.24. The smallest absolute Gasteiger partial charge is 0.329 e. The Morgan fingerprint density at radius 2 is 2.06 bits per heavy atom. The number of rotatable bonds is 4. The van der Waals surface area contributed by atoms with Gasteiger partial charge < -0.3 is 20.0 Å². The summed E-state index contributed by atoms with van der Waals surface area (Å²) in [6.45, 7) is 5.62. The lowest BCUT2D eigenvalue weighted by molar-refractivity contribution is -0.147. The van der Waals surface area contributed by atoms with Crippen molar-refractivity contribution in [2.24, 2.45) is 0 Å². The maximum atomic E-state index is 12.4. The number of carbonyl (C=O) groups is 2. The van der Waals surface area contributed by atoms with E-state index in [9.17, 15) is 19.8 Å². The summed E-state index contributed by atoms with van der Waals surface area (Å²) < 4.78 is 0. The van der Waals surface area contributed by atoms with E-state index in [1.54, 1.807) is 11.8 Å². The number of carboxylic acid groups (broad SMARTS) is 1. The average Bonchev–Trinajstić information content (AvgIpc) is 2.77. The van der Waals surface area contributed by atoms with E-state index < -0.39 is 11.5 Å². The fourth-order valence-electron chi connectivity index (χ4n) is 2.32. The van der Waals surface area contributed by atoms with Gasteiger partial charge in [-0.25, -0.2) is 9.59 Å². The second kappa shape index (κ2) is 5.56. The van der Waals surface area contributed by atoms with Crippen LogP contribution in [0.5, 0.6) is 0 Å². The van der Waals surface area contributed by atoms with E-state index >= 15 is 0 Å². The number of aliphatic hydroxyl groups is 1. The van der Waals surface area contributed by atoms with Gasteiger partial charge >= 0.3 is 12.0 Å². The van der Waals surface area contributed by atoms with Gasteiger partial charge in [-0.2, -0.15) is 0 Å². The van der Waals surface area contributed by atoms with Crippen LogP contribution in [-0.4, -0.2) is 63.3 Å². The lowest BCUT2D eigenvalue weighted by atomic mass is 10.0. The first kappa shape index (κ1) is 14.8. The Balaban J connectivity index is 2.89. The average molecular weight is 258 g/mol. The van der Waals surface area contributed by atoms with E-state index in [4.69, 9.17) is 0 Å². The summed E-state index contributed by atoms with van der Waals surface area (Å²) in [7, 11) is 0. The second-order valence-electron chi connectivity index (χ2n) is 5.06. The molecule has 0 radical (unpaired) electrons. The number of amides is 2. The van der Waals surface area contributed by atoms with E-state index in [1.165, 1.54) is 18.7 Å².